The van der Waals surface area contributed by atoms with E-state index in [1.165, 1.54) is 5.56 Å². The average molecular weight is 389 g/mol. The van der Waals surface area contributed by atoms with Crippen LogP contribution in [-0.4, -0.2) is 16.8 Å². The van der Waals surface area contributed by atoms with Crippen LogP contribution < -0.4 is 10.7 Å². The number of rotatable bonds is 5. The highest BCUT2D eigenvalue weighted by Crippen LogP contribution is 2.22. The maximum atomic E-state index is 12.1. The van der Waals surface area contributed by atoms with Gasteiger partial charge in [-0.05, 0) is 62.1 Å². The van der Waals surface area contributed by atoms with Gasteiger partial charge >= 0.3 is 6.03 Å². The second kappa shape index (κ2) is 8.78. The SMILES string of the molecule is Cc1ccccc1NC(=O)NN=Cc1cc(C)n(-c2ccc(C(C)C)cc2)c1C. The van der Waals surface area contributed by atoms with Crippen molar-refractivity contribution in [2.24, 2.45) is 5.10 Å². The van der Waals surface area contributed by atoms with Gasteiger partial charge in [0, 0.05) is 28.3 Å². The minimum atomic E-state index is -0.367. The summed E-state index contributed by atoms with van der Waals surface area (Å²) in [5.41, 5.74) is 9.89. The Hall–Kier alpha value is -3.34. The van der Waals surface area contributed by atoms with Crippen LogP contribution in [0, 0.1) is 20.8 Å². The molecular weight excluding hydrogens is 360 g/mol. The number of benzene rings is 2. The molecule has 150 valence electrons. The summed E-state index contributed by atoms with van der Waals surface area (Å²) in [5, 5.41) is 6.91. The van der Waals surface area contributed by atoms with E-state index in [1.807, 2.05) is 31.2 Å². The number of carbonyl (C=O) groups excluding carboxylic acids is 1. The average Bonchev–Trinajstić information content (AvgIpc) is 2.97. The van der Waals surface area contributed by atoms with Gasteiger partial charge in [-0.3, -0.25) is 0 Å². The highest BCUT2D eigenvalue weighted by molar-refractivity contribution is 5.91. The van der Waals surface area contributed by atoms with Crippen molar-refractivity contribution in [2.45, 2.75) is 40.5 Å². The van der Waals surface area contributed by atoms with Crippen molar-refractivity contribution in [3.05, 3.63) is 82.7 Å². The van der Waals surface area contributed by atoms with Crippen LogP contribution in [0.15, 0.2) is 59.7 Å². The molecule has 0 atom stereocenters. The molecule has 2 amide bonds. The van der Waals surface area contributed by atoms with Gasteiger partial charge < -0.3 is 9.88 Å². The smallest absolute Gasteiger partial charge is 0.318 e. The lowest BCUT2D eigenvalue weighted by Crippen LogP contribution is -2.24. The number of anilines is 1. The molecule has 0 bridgehead atoms. The first kappa shape index (κ1) is 20.4. The van der Waals surface area contributed by atoms with Crippen LogP contribution in [0.5, 0.6) is 0 Å². The molecule has 0 aliphatic heterocycles. The van der Waals surface area contributed by atoms with Gasteiger partial charge in [-0.2, -0.15) is 5.10 Å². The van der Waals surface area contributed by atoms with E-state index in [2.05, 4.69) is 78.4 Å². The molecule has 5 heteroatoms. The van der Waals surface area contributed by atoms with Crippen LogP contribution >= 0.6 is 0 Å². The van der Waals surface area contributed by atoms with E-state index < -0.39 is 0 Å². The summed E-state index contributed by atoms with van der Waals surface area (Å²) in [7, 11) is 0. The molecule has 0 saturated carbocycles. The summed E-state index contributed by atoms with van der Waals surface area (Å²) in [4.78, 5) is 12.1. The standard InChI is InChI=1S/C24H28N4O/c1-16(2)20-10-12-22(13-11-20)28-18(4)14-21(19(28)5)15-25-27-24(29)26-23-9-7-6-8-17(23)3/h6-16H,1-5H3,(H2,26,27,29). The highest BCUT2D eigenvalue weighted by Gasteiger charge is 2.10. The first-order valence-corrected chi connectivity index (χ1v) is 9.81. The topological polar surface area (TPSA) is 58.4 Å². The molecule has 1 heterocycles. The Morgan fingerprint density at radius 2 is 1.72 bits per heavy atom. The maximum absolute atomic E-state index is 12.1. The molecule has 0 fully saturated rings. The molecule has 0 aliphatic carbocycles. The Balaban J connectivity index is 1.71. The summed E-state index contributed by atoms with van der Waals surface area (Å²) in [6.07, 6.45) is 1.68. The monoisotopic (exact) mass is 388 g/mol. The minimum absolute atomic E-state index is 0.367. The fourth-order valence-corrected chi connectivity index (χ4v) is 3.35. The van der Waals surface area contributed by atoms with Crippen molar-refractivity contribution in [3.8, 4) is 5.69 Å². The van der Waals surface area contributed by atoms with Crippen molar-refractivity contribution in [2.75, 3.05) is 5.32 Å². The fraction of sp³-hybridized carbons (Fsp3) is 0.250. The van der Waals surface area contributed by atoms with Crippen molar-refractivity contribution in [1.82, 2.24) is 9.99 Å². The molecule has 0 radical (unpaired) electrons. The Bertz CT molecular complexity index is 1030. The first-order valence-electron chi connectivity index (χ1n) is 9.81. The van der Waals surface area contributed by atoms with Gasteiger partial charge in [-0.15, -0.1) is 0 Å². The van der Waals surface area contributed by atoms with Crippen LogP contribution in [0.3, 0.4) is 0 Å². The molecular formula is C24H28N4O. The Kier molecular flexibility index (Phi) is 6.17. The number of hydrogen-bond acceptors (Lipinski definition) is 2. The fourth-order valence-electron chi connectivity index (χ4n) is 3.35. The molecule has 0 aliphatic rings. The lowest BCUT2D eigenvalue weighted by molar-refractivity contribution is 0.252. The molecule has 5 nitrogen and oxygen atoms in total. The second-order valence-corrected chi connectivity index (χ2v) is 7.55. The first-order chi connectivity index (χ1) is 13.9. The van der Waals surface area contributed by atoms with Crippen LogP contribution in [0.2, 0.25) is 0 Å². The van der Waals surface area contributed by atoms with E-state index in [4.69, 9.17) is 0 Å². The zero-order chi connectivity index (χ0) is 21.0. The molecule has 2 N–H and O–H groups in total. The van der Waals surface area contributed by atoms with E-state index in [1.54, 1.807) is 6.21 Å². The summed E-state index contributed by atoms with van der Waals surface area (Å²) in [6.45, 7) is 10.5. The predicted octanol–water partition coefficient (Wildman–Crippen LogP) is 5.68. The zero-order valence-corrected chi connectivity index (χ0v) is 17.7. The van der Waals surface area contributed by atoms with E-state index >= 15 is 0 Å². The van der Waals surface area contributed by atoms with Gasteiger partial charge in [0.15, 0.2) is 0 Å². The van der Waals surface area contributed by atoms with E-state index in [0.717, 1.165) is 33.9 Å². The third-order valence-electron chi connectivity index (χ3n) is 5.05. The molecule has 3 rings (SSSR count). The van der Waals surface area contributed by atoms with Crippen LogP contribution in [0.4, 0.5) is 10.5 Å². The van der Waals surface area contributed by atoms with Gasteiger partial charge in [0.05, 0.1) is 6.21 Å². The molecule has 3 aromatic rings. The molecule has 1 aromatic heterocycles. The van der Waals surface area contributed by atoms with Gasteiger partial charge in [0.25, 0.3) is 0 Å². The summed E-state index contributed by atoms with van der Waals surface area (Å²) >= 11 is 0. The third kappa shape index (κ3) is 4.74. The van der Waals surface area contributed by atoms with Crippen molar-refractivity contribution in [1.29, 1.82) is 0 Å². The number of aryl methyl sites for hydroxylation is 2. The lowest BCUT2D eigenvalue weighted by atomic mass is 10.0. The largest absolute Gasteiger partial charge is 0.339 e. The van der Waals surface area contributed by atoms with Gasteiger partial charge in [-0.25, -0.2) is 10.2 Å². The highest BCUT2D eigenvalue weighted by atomic mass is 16.2. The van der Waals surface area contributed by atoms with Gasteiger partial charge in [-0.1, -0.05) is 44.2 Å². The summed E-state index contributed by atoms with van der Waals surface area (Å²) in [5.74, 6) is 0.510. The number of para-hydroxylation sites is 1. The number of nitrogens with one attached hydrogen (secondary N) is 2. The molecule has 29 heavy (non-hydrogen) atoms. The molecule has 0 saturated heterocycles. The van der Waals surface area contributed by atoms with Crippen LogP contribution in [0.1, 0.15) is 47.8 Å². The second-order valence-electron chi connectivity index (χ2n) is 7.55. The minimum Gasteiger partial charge on any atom is -0.318 e. The lowest BCUT2D eigenvalue weighted by Gasteiger charge is -2.12. The predicted molar refractivity (Wildman–Crippen MR) is 120 cm³/mol. The number of urea groups is 1. The van der Waals surface area contributed by atoms with E-state index in [9.17, 15) is 4.79 Å². The molecule has 0 unspecified atom stereocenters. The molecule has 2 aromatic carbocycles. The van der Waals surface area contributed by atoms with Crippen LogP contribution in [-0.2, 0) is 0 Å². The number of hydrogen-bond donors (Lipinski definition) is 2. The number of nitrogens with zero attached hydrogens (tertiary/aromatic N) is 2. The number of carbonyl (C=O) groups is 1. The quantitative estimate of drug-likeness (QED) is 0.429. The van der Waals surface area contributed by atoms with E-state index in [-0.39, 0.29) is 6.03 Å². The Morgan fingerprint density at radius 3 is 2.38 bits per heavy atom. The van der Waals surface area contributed by atoms with Crippen molar-refractivity contribution < 1.29 is 4.79 Å². The number of hydrazone groups is 1. The summed E-state index contributed by atoms with van der Waals surface area (Å²) in [6, 6.07) is 17.9. The zero-order valence-electron chi connectivity index (χ0n) is 17.7. The van der Waals surface area contributed by atoms with Crippen molar-refractivity contribution >= 4 is 17.9 Å². The number of aromatic nitrogens is 1. The Labute approximate surface area is 172 Å². The Morgan fingerprint density at radius 1 is 1.03 bits per heavy atom. The van der Waals surface area contributed by atoms with Gasteiger partial charge in [0.1, 0.15) is 0 Å². The van der Waals surface area contributed by atoms with Crippen LogP contribution in [0.25, 0.3) is 5.69 Å². The van der Waals surface area contributed by atoms with Gasteiger partial charge in [0.2, 0.25) is 0 Å². The maximum Gasteiger partial charge on any atom is 0.339 e. The normalized spacial score (nSPS) is 11.2. The third-order valence-corrected chi connectivity index (χ3v) is 5.05. The van der Waals surface area contributed by atoms with Crippen molar-refractivity contribution in [3.63, 3.8) is 0 Å². The summed E-state index contributed by atoms with van der Waals surface area (Å²) < 4.78 is 2.19. The number of amides is 2. The van der Waals surface area contributed by atoms with E-state index in [0.29, 0.717) is 5.92 Å². The molecule has 0 spiro atoms.